The van der Waals surface area contributed by atoms with Crippen LogP contribution in [0.1, 0.15) is 31.1 Å². The van der Waals surface area contributed by atoms with Crippen LogP contribution in [0.15, 0.2) is 15.9 Å². The number of rotatable bonds is 8. The Hall–Kier alpha value is 0.1000. The molecule has 1 aliphatic rings. The van der Waals surface area contributed by atoms with E-state index in [0.29, 0.717) is 12.1 Å². The Balaban J connectivity index is 1.98. The van der Waals surface area contributed by atoms with Gasteiger partial charge in [-0.05, 0) is 60.1 Å². The zero-order chi connectivity index (χ0) is 13.0. The second-order valence-corrected chi connectivity index (χ2v) is 6.95. The van der Waals surface area contributed by atoms with E-state index in [4.69, 9.17) is 4.74 Å². The fraction of sp³-hybridized carbons (Fsp3) is 0.714. The number of nitrogens with one attached hydrogen (secondary N) is 1. The van der Waals surface area contributed by atoms with Crippen LogP contribution in [0.4, 0.5) is 0 Å². The van der Waals surface area contributed by atoms with Crippen LogP contribution < -0.4 is 5.32 Å². The summed E-state index contributed by atoms with van der Waals surface area (Å²) >= 11 is 5.36. The van der Waals surface area contributed by atoms with E-state index in [2.05, 4.69) is 39.6 Å². The third-order valence-electron chi connectivity index (χ3n) is 3.45. The van der Waals surface area contributed by atoms with Gasteiger partial charge >= 0.3 is 0 Å². The van der Waals surface area contributed by atoms with Gasteiger partial charge in [0, 0.05) is 27.9 Å². The first-order valence-corrected chi connectivity index (χ1v) is 8.41. The number of halogens is 1. The lowest BCUT2D eigenvalue weighted by atomic mass is 10.0. The van der Waals surface area contributed by atoms with Crippen LogP contribution in [0.3, 0.4) is 0 Å². The quantitative estimate of drug-likeness (QED) is 0.781. The van der Waals surface area contributed by atoms with Gasteiger partial charge in [0.05, 0.1) is 6.10 Å². The van der Waals surface area contributed by atoms with Crippen molar-refractivity contribution in [3.05, 3.63) is 20.8 Å². The van der Waals surface area contributed by atoms with Gasteiger partial charge in [-0.2, -0.15) is 0 Å². The Morgan fingerprint density at radius 2 is 2.33 bits per heavy atom. The molecule has 0 bridgehead atoms. The van der Waals surface area contributed by atoms with E-state index in [0.717, 1.165) is 18.9 Å². The molecule has 2 unspecified atom stereocenters. The van der Waals surface area contributed by atoms with Gasteiger partial charge in [0.1, 0.15) is 0 Å². The summed E-state index contributed by atoms with van der Waals surface area (Å²) in [6.45, 7) is 3.29. The van der Waals surface area contributed by atoms with Crippen LogP contribution in [-0.2, 0) is 11.2 Å². The van der Waals surface area contributed by atoms with Gasteiger partial charge in [-0.3, -0.25) is 0 Å². The van der Waals surface area contributed by atoms with E-state index in [9.17, 15) is 0 Å². The maximum absolute atomic E-state index is 5.74. The van der Waals surface area contributed by atoms with Crippen LogP contribution in [0.2, 0.25) is 0 Å². The average molecular weight is 332 g/mol. The molecule has 1 aliphatic carbocycles. The summed E-state index contributed by atoms with van der Waals surface area (Å²) in [5, 5.41) is 5.82. The molecule has 1 aromatic heterocycles. The molecule has 1 aromatic rings. The van der Waals surface area contributed by atoms with E-state index >= 15 is 0 Å². The molecular formula is C14H22BrNOS. The third-order valence-corrected chi connectivity index (χ3v) is 5.17. The molecule has 2 rings (SSSR count). The van der Waals surface area contributed by atoms with E-state index < -0.39 is 0 Å². The highest BCUT2D eigenvalue weighted by molar-refractivity contribution is 9.10. The predicted molar refractivity (Wildman–Crippen MR) is 81.3 cm³/mol. The predicted octanol–water partition coefficient (Wildman–Crippen LogP) is 3.85. The maximum Gasteiger partial charge on any atom is 0.0755 e. The van der Waals surface area contributed by atoms with Crippen LogP contribution in [0.25, 0.3) is 0 Å². The fourth-order valence-electron chi connectivity index (χ4n) is 2.42. The van der Waals surface area contributed by atoms with Gasteiger partial charge in [0.2, 0.25) is 0 Å². The molecule has 1 fully saturated rings. The third kappa shape index (κ3) is 4.05. The van der Waals surface area contributed by atoms with Gasteiger partial charge in [-0.25, -0.2) is 0 Å². The minimum absolute atomic E-state index is 0.373. The molecule has 0 aromatic carbocycles. The van der Waals surface area contributed by atoms with Crippen molar-refractivity contribution in [2.75, 3.05) is 13.7 Å². The van der Waals surface area contributed by atoms with Crippen molar-refractivity contribution in [1.82, 2.24) is 5.32 Å². The molecule has 1 heterocycles. The Bertz CT molecular complexity index is 364. The minimum atomic E-state index is 0.373. The lowest BCUT2D eigenvalue weighted by Gasteiger charge is -2.27. The summed E-state index contributed by atoms with van der Waals surface area (Å²) in [7, 11) is 1.86. The van der Waals surface area contributed by atoms with Gasteiger partial charge in [0.25, 0.3) is 0 Å². The van der Waals surface area contributed by atoms with Gasteiger partial charge < -0.3 is 10.1 Å². The molecule has 0 amide bonds. The highest BCUT2D eigenvalue weighted by atomic mass is 79.9. The molecule has 1 saturated carbocycles. The number of hydrogen-bond donors (Lipinski definition) is 1. The SMILES string of the molecule is CCCNC(Cc1cc(Br)cs1)C(OC)C1CC1. The summed E-state index contributed by atoms with van der Waals surface area (Å²) < 4.78 is 6.93. The van der Waals surface area contributed by atoms with Gasteiger partial charge in [-0.1, -0.05) is 6.92 Å². The summed E-state index contributed by atoms with van der Waals surface area (Å²) in [6, 6.07) is 2.68. The van der Waals surface area contributed by atoms with Crippen molar-refractivity contribution < 1.29 is 4.74 Å². The first-order valence-electron chi connectivity index (χ1n) is 6.73. The molecule has 102 valence electrons. The Morgan fingerprint density at radius 1 is 1.56 bits per heavy atom. The van der Waals surface area contributed by atoms with E-state index in [1.54, 1.807) is 0 Å². The first kappa shape index (κ1) is 14.5. The van der Waals surface area contributed by atoms with E-state index in [1.165, 1.54) is 28.6 Å². The summed E-state index contributed by atoms with van der Waals surface area (Å²) in [4.78, 5) is 1.43. The fourth-order valence-corrected chi connectivity index (χ4v) is 3.93. The summed E-state index contributed by atoms with van der Waals surface area (Å²) in [5.74, 6) is 0.771. The van der Waals surface area contributed by atoms with E-state index in [1.807, 2.05) is 18.4 Å². The average Bonchev–Trinajstić information content (AvgIpc) is 3.11. The highest BCUT2D eigenvalue weighted by Crippen LogP contribution is 2.36. The van der Waals surface area contributed by atoms with Crippen molar-refractivity contribution in [3.8, 4) is 0 Å². The zero-order valence-electron chi connectivity index (χ0n) is 11.1. The van der Waals surface area contributed by atoms with Crippen LogP contribution >= 0.6 is 27.3 Å². The Morgan fingerprint density at radius 3 is 2.83 bits per heavy atom. The number of ether oxygens (including phenoxy) is 1. The maximum atomic E-state index is 5.74. The molecule has 0 aliphatic heterocycles. The van der Waals surface area contributed by atoms with Crippen molar-refractivity contribution in [2.24, 2.45) is 5.92 Å². The smallest absolute Gasteiger partial charge is 0.0755 e. The normalized spacial score (nSPS) is 18.8. The van der Waals surface area contributed by atoms with Crippen LogP contribution in [0.5, 0.6) is 0 Å². The molecule has 2 atom stereocenters. The molecule has 0 radical (unpaired) electrons. The lowest BCUT2D eigenvalue weighted by molar-refractivity contribution is 0.0513. The molecular weight excluding hydrogens is 310 g/mol. The minimum Gasteiger partial charge on any atom is -0.380 e. The Kier molecular flexibility index (Phi) is 5.67. The second kappa shape index (κ2) is 7.04. The van der Waals surface area contributed by atoms with Crippen molar-refractivity contribution >= 4 is 27.3 Å². The second-order valence-electron chi connectivity index (χ2n) is 5.03. The van der Waals surface area contributed by atoms with Crippen molar-refractivity contribution in [2.45, 2.75) is 44.8 Å². The van der Waals surface area contributed by atoms with Crippen molar-refractivity contribution in [1.29, 1.82) is 0 Å². The van der Waals surface area contributed by atoms with Crippen LogP contribution in [0, 0.1) is 5.92 Å². The Labute approximate surface area is 122 Å². The molecule has 1 N–H and O–H groups in total. The summed E-state index contributed by atoms with van der Waals surface area (Å²) in [5.41, 5.74) is 0. The molecule has 18 heavy (non-hydrogen) atoms. The number of thiophene rings is 1. The highest BCUT2D eigenvalue weighted by Gasteiger charge is 2.36. The first-order chi connectivity index (χ1) is 8.74. The zero-order valence-corrected chi connectivity index (χ0v) is 13.5. The van der Waals surface area contributed by atoms with Crippen LogP contribution in [-0.4, -0.2) is 25.8 Å². The van der Waals surface area contributed by atoms with Gasteiger partial charge in [-0.15, -0.1) is 11.3 Å². The van der Waals surface area contributed by atoms with Gasteiger partial charge in [0.15, 0.2) is 0 Å². The molecule has 0 saturated heterocycles. The van der Waals surface area contributed by atoms with Crippen molar-refractivity contribution in [3.63, 3.8) is 0 Å². The molecule has 4 heteroatoms. The van der Waals surface area contributed by atoms with E-state index in [-0.39, 0.29) is 0 Å². The molecule has 2 nitrogen and oxygen atoms in total. The lowest BCUT2D eigenvalue weighted by Crippen LogP contribution is -2.44. The number of methoxy groups -OCH3 is 1. The number of hydrogen-bond acceptors (Lipinski definition) is 3. The summed E-state index contributed by atoms with van der Waals surface area (Å²) in [6.07, 6.45) is 5.28. The standard InChI is InChI=1S/C14H22BrNOS/c1-3-6-16-13(14(17-2)10-4-5-10)8-12-7-11(15)9-18-12/h7,9-10,13-14,16H,3-6,8H2,1-2H3. The largest absolute Gasteiger partial charge is 0.380 e. The topological polar surface area (TPSA) is 21.3 Å². The molecule has 0 spiro atoms. The monoisotopic (exact) mass is 331 g/mol.